The highest BCUT2D eigenvalue weighted by Crippen LogP contribution is 2.61. The van der Waals surface area contributed by atoms with E-state index in [0.29, 0.717) is 5.41 Å². The van der Waals surface area contributed by atoms with E-state index in [2.05, 4.69) is 223 Å². The van der Waals surface area contributed by atoms with Gasteiger partial charge in [-0.15, -0.1) is 0 Å². The van der Waals surface area contributed by atoms with Crippen molar-refractivity contribution in [3.8, 4) is 33.4 Å². The first kappa shape index (κ1) is 37.8. The molecule has 9 aromatic carbocycles. The van der Waals surface area contributed by atoms with Crippen molar-refractivity contribution < 1.29 is 0 Å². The molecule has 4 aliphatic carbocycles. The lowest BCUT2D eigenvalue weighted by Crippen LogP contribution is -2.72. The zero-order valence-electron chi connectivity index (χ0n) is 36.2. The minimum atomic E-state index is -2.60. The second-order valence-electron chi connectivity index (χ2n) is 19.5. The number of benzene rings is 9. The second kappa shape index (κ2) is 14.9. The van der Waals surface area contributed by atoms with Crippen LogP contribution in [-0.2, 0) is 5.41 Å². The fraction of sp³-hybridized carbons (Fsp3) is 0.161. The molecule has 0 spiro atoms. The van der Waals surface area contributed by atoms with Gasteiger partial charge in [0.25, 0.3) is 0 Å². The summed E-state index contributed by atoms with van der Waals surface area (Å²) in [6, 6.07) is 82.9. The first-order valence-corrected chi connectivity index (χ1v) is 25.6. The molecule has 0 N–H and O–H groups in total. The normalized spacial score (nSPS) is 21.1. The zero-order valence-corrected chi connectivity index (χ0v) is 37.2. The minimum absolute atomic E-state index is 0.358. The summed E-state index contributed by atoms with van der Waals surface area (Å²) < 4.78 is 0. The van der Waals surface area contributed by atoms with Gasteiger partial charge < -0.3 is 4.90 Å². The fourth-order valence-electron chi connectivity index (χ4n) is 13.7. The van der Waals surface area contributed by atoms with E-state index in [1.54, 1.807) is 5.56 Å². The van der Waals surface area contributed by atoms with Gasteiger partial charge in [0, 0.05) is 17.1 Å². The maximum Gasteiger partial charge on any atom is 0.180 e. The van der Waals surface area contributed by atoms with Crippen LogP contribution in [0.4, 0.5) is 17.1 Å². The molecule has 4 fully saturated rings. The molecule has 14 rings (SSSR count). The van der Waals surface area contributed by atoms with Crippen LogP contribution in [0.2, 0.25) is 0 Å². The second-order valence-corrected chi connectivity index (χ2v) is 23.2. The number of rotatable bonds is 8. The van der Waals surface area contributed by atoms with Crippen LogP contribution in [-0.4, -0.2) is 8.07 Å². The largest absolute Gasteiger partial charge is 0.310 e. The van der Waals surface area contributed by atoms with Crippen molar-refractivity contribution in [2.24, 2.45) is 17.8 Å². The van der Waals surface area contributed by atoms with E-state index in [0.717, 1.165) is 23.4 Å². The van der Waals surface area contributed by atoms with Crippen LogP contribution in [0.15, 0.2) is 218 Å². The highest BCUT2D eigenvalue weighted by molar-refractivity contribution is 7.22. The lowest BCUT2D eigenvalue weighted by atomic mass is 9.48. The number of anilines is 3. The molecule has 64 heavy (non-hydrogen) atoms. The van der Waals surface area contributed by atoms with Crippen molar-refractivity contribution in [1.29, 1.82) is 0 Å². The molecule has 4 saturated carbocycles. The van der Waals surface area contributed by atoms with Gasteiger partial charge in [-0.3, -0.25) is 0 Å². The minimum Gasteiger partial charge on any atom is -0.310 e. The maximum atomic E-state index is 2.52. The Kier molecular flexibility index (Phi) is 8.81. The van der Waals surface area contributed by atoms with E-state index in [-0.39, 0.29) is 0 Å². The lowest BCUT2D eigenvalue weighted by Gasteiger charge is -2.57. The van der Waals surface area contributed by atoms with Crippen molar-refractivity contribution in [3.63, 3.8) is 0 Å². The van der Waals surface area contributed by atoms with E-state index in [1.807, 2.05) is 0 Å². The number of nitrogens with zero attached hydrogens (tertiary/aromatic N) is 1. The first-order chi connectivity index (χ1) is 31.6. The summed E-state index contributed by atoms with van der Waals surface area (Å²) >= 11 is 0. The van der Waals surface area contributed by atoms with Crippen molar-refractivity contribution in [1.82, 2.24) is 0 Å². The van der Waals surface area contributed by atoms with Crippen LogP contribution in [0, 0.1) is 17.8 Å². The summed E-state index contributed by atoms with van der Waals surface area (Å²) in [5.41, 5.74) is 13.2. The summed E-state index contributed by atoms with van der Waals surface area (Å²) in [5, 5.41) is 8.34. The molecule has 1 heterocycles. The monoisotopic (exact) mass is 837 g/mol. The Hall–Kier alpha value is -6.74. The van der Waals surface area contributed by atoms with Crippen molar-refractivity contribution >= 4 is 56.7 Å². The van der Waals surface area contributed by atoms with Crippen LogP contribution < -0.4 is 25.6 Å². The molecule has 0 saturated heterocycles. The van der Waals surface area contributed by atoms with E-state index in [1.165, 1.54) is 115 Å². The lowest BCUT2D eigenvalue weighted by molar-refractivity contribution is -0.00518. The summed E-state index contributed by atoms with van der Waals surface area (Å²) in [4.78, 5) is 2.52. The molecular formula is C62H51NSi. The quantitative estimate of drug-likeness (QED) is 0.138. The van der Waals surface area contributed by atoms with Gasteiger partial charge in [-0.1, -0.05) is 182 Å². The molecule has 4 bridgehead atoms. The van der Waals surface area contributed by atoms with E-state index in [9.17, 15) is 0 Å². The van der Waals surface area contributed by atoms with E-state index >= 15 is 0 Å². The number of fused-ring (bicyclic) bond motifs is 4. The Labute approximate surface area is 378 Å². The standard InChI is InChI=1S/C62H51NSi/c1-4-14-46(15-5-1)55-23-12-16-48-17-13-24-56(61(48)55)47-26-30-50(31-27-47)63(51-32-28-49(29-33-51)62-40-43-36-44(41-62)38-45(37-43)42-62)52-34-35-60-58(39-52)57-22-10-11-25-59(57)64(60,53-18-6-2-7-19-53)54-20-8-3-9-21-54/h1-35,39,43-45H,36-38,40-42H2. The van der Waals surface area contributed by atoms with E-state index in [4.69, 9.17) is 0 Å². The van der Waals surface area contributed by atoms with Gasteiger partial charge in [0.1, 0.15) is 0 Å². The van der Waals surface area contributed by atoms with Crippen LogP contribution in [0.3, 0.4) is 0 Å². The highest BCUT2D eigenvalue weighted by Gasteiger charge is 2.52. The van der Waals surface area contributed by atoms with Gasteiger partial charge in [-0.25, -0.2) is 0 Å². The first-order valence-electron chi connectivity index (χ1n) is 23.6. The maximum absolute atomic E-state index is 2.60. The summed E-state index contributed by atoms with van der Waals surface area (Å²) in [5.74, 6) is 2.76. The molecular weight excluding hydrogens is 787 g/mol. The highest BCUT2D eigenvalue weighted by atomic mass is 28.3. The van der Waals surface area contributed by atoms with Gasteiger partial charge >= 0.3 is 0 Å². The van der Waals surface area contributed by atoms with Crippen LogP contribution >= 0.6 is 0 Å². The Morgan fingerprint density at radius 2 is 0.844 bits per heavy atom. The van der Waals surface area contributed by atoms with Crippen LogP contribution in [0.5, 0.6) is 0 Å². The molecule has 0 atom stereocenters. The predicted octanol–water partition coefficient (Wildman–Crippen LogP) is 13.5. The molecule has 5 aliphatic rings. The fourth-order valence-corrected chi connectivity index (χ4v) is 18.8. The van der Waals surface area contributed by atoms with Crippen molar-refractivity contribution in [3.05, 3.63) is 224 Å². The molecule has 0 aromatic heterocycles. The summed E-state index contributed by atoms with van der Waals surface area (Å²) in [6.07, 6.45) is 8.53. The zero-order chi connectivity index (χ0) is 42.2. The summed E-state index contributed by atoms with van der Waals surface area (Å²) in [6.45, 7) is 0. The molecule has 0 unspecified atom stereocenters. The average Bonchev–Trinajstić information content (AvgIpc) is 3.65. The number of hydrogen-bond donors (Lipinski definition) is 0. The van der Waals surface area contributed by atoms with Gasteiger partial charge in [-0.05, 0) is 169 Å². The summed E-state index contributed by atoms with van der Waals surface area (Å²) in [7, 11) is -2.60. The van der Waals surface area contributed by atoms with Gasteiger partial charge in [-0.2, -0.15) is 0 Å². The average molecular weight is 838 g/mol. The predicted molar refractivity (Wildman–Crippen MR) is 272 cm³/mol. The Balaban J connectivity index is 0.965. The van der Waals surface area contributed by atoms with Gasteiger partial charge in [0.05, 0.1) is 0 Å². The third-order valence-corrected chi connectivity index (χ3v) is 20.8. The SMILES string of the molecule is c1ccc(-c2cccc3cccc(-c4ccc(N(c5ccc(C67CC8CC(CC(C8)C6)C7)cc5)c5ccc6c(c5)-c5ccccc5[Si]6(c5ccccc5)c5ccccc5)cc4)c23)cc1. The Morgan fingerprint density at radius 3 is 1.44 bits per heavy atom. The van der Waals surface area contributed by atoms with Crippen molar-refractivity contribution in [2.45, 2.75) is 43.9 Å². The third kappa shape index (κ3) is 5.88. The van der Waals surface area contributed by atoms with Crippen LogP contribution in [0.1, 0.15) is 44.1 Å². The van der Waals surface area contributed by atoms with Gasteiger partial charge in [0.15, 0.2) is 8.07 Å². The van der Waals surface area contributed by atoms with Gasteiger partial charge in [0.2, 0.25) is 0 Å². The molecule has 0 amide bonds. The molecule has 0 radical (unpaired) electrons. The third-order valence-electron chi connectivity index (χ3n) is 15.9. The van der Waals surface area contributed by atoms with Crippen LogP contribution in [0.25, 0.3) is 44.2 Å². The molecule has 308 valence electrons. The van der Waals surface area contributed by atoms with Crippen molar-refractivity contribution in [2.75, 3.05) is 4.90 Å². The molecule has 1 nitrogen and oxygen atoms in total. The Morgan fingerprint density at radius 1 is 0.375 bits per heavy atom. The molecule has 2 heteroatoms. The number of hydrogen-bond acceptors (Lipinski definition) is 1. The topological polar surface area (TPSA) is 3.24 Å². The Bertz CT molecular complexity index is 3090. The molecule has 9 aromatic rings. The smallest absolute Gasteiger partial charge is 0.180 e. The molecule has 1 aliphatic heterocycles. The van der Waals surface area contributed by atoms with E-state index < -0.39 is 8.07 Å².